The Morgan fingerprint density at radius 2 is 1.11 bits per heavy atom. The zero-order valence-electron chi connectivity index (χ0n) is 24.1. The molecule has 0 unspecified atom stereocenters. The van der Waals surface area contributed by atoms with Crippen LogP contribution >= 0.6 is 0 Å². The van der Waals surface area contributed by atoms with Crippen LogP contribution in [0.3, 0.4) is 0 Å². The zero-order chi connectivity index (χ0) is 29.9. The van der Waals surface area contributed by atoms with Crippen LogP contribution < -0.4 is 10.6 Å². The lowest BCUT2D eigenvalue weighted by Crippen LogP contribution is -2.18. The molecule has 1 aliphatic rings. The van der Waals surface area contributed by atoms with Crippen LogP contribution in [0, 0.1) is 0 Å². The molecule has 0 saturated heterocycles. The molecule has 4 heterocycles. The summed E-state index contributed by atoms with van der Waals surface area (Å²) in [7, 11) is 0. The van der Waals surface area contributed by atoms with Gasteiger partial charge in [-0.05, 0) is 66.8 Å². The molecular weight excluding hydrogens is 552 g/mol. The maximum Gasteiger partial charge on any atom is 0.230 e. The van der Waals surface area contributed by atoms with Crippen LogP contribution in [0.25, 0.3) is 21.8 Å². The van der Waals surface area contributed by atoms with E-state index in [4.69, 9.17) is 0 Å². The first-order valence-electron chi connectivity index (χ1n) is 15.0. The molecule has 2 atom stereocenters. The molecular formula is C34H32N8O2. The van der Waals surface area contributed by atoms with Crippen molar-refractivity contribution in [3.63, 3.8) is 0 Å². The van der Waals surface area contributed by atoms with E-state index in [-0.39, 0.29) is 36.5 Å². The monoisotopic (exact) mass is 584 g/mol. The molecule has 0 aliphatic heterocycles. The third kappa shape index (κ3) is 5.92. The van der Waals surface area contributed by atoms with Gasteiger partial charge >= 0.3 is 0 Å². The van der Waals surface area contributed by atoms with E-state index in [0.29, 0.717) is 11.6 Å². The second-order valence-corrected chi connectivity index (χ2v) is 11.4. The van der Waals surface area contributed by atoms with Gasteiger partial charge in [-0.1, -0.05) is 42.8 Å². The highest BCUT2D eigenvalue weighted by molar-refractivity contribution is 5.96. The van der Waals surface area contributed by atoms with Crippen LogP contribution in [-0.2, 0) is 22.4 Å². The van der Waals surface area contributed by atoms with Crippen molar-refractivity contribution in [3.8, 4) is 0 Å². The number of fused-ring (bicyclic) bond motifs is 2. The second kappa shape index (κ2) is 12.1. The fourth-order valence-corrected chi connectivity index (χ4v) is 6.26. The van der Waals surface area contributed by atoms with Gasteiger partial charge in [-0.3, -0.25) is 9.59 Å². The Labute approximate surface area is 253 Å². The minimum absolute atomic E-state index is 0.134. The maximum atomic E-state index is 12.7. The number of amides is 2. The van der Waals surface area contributed by atoms with Crippen LogP contribution in [0.1, 0.15) is 60.0 Å². The van der Waals surface area contributed by atoms with Gasteiger partial charge in [0, 0.05) is 46.0 Å². The van der Waals surface area contributed by atoms with Crippen LogP contribution in [0.2, 0.25) is 0 Å². The quantitative estimate of drug-likeness (QED) is 0.172. The maximum absolute atomic E-state index is 12.7. The number of para-hydroxylation sites is 2. The van der Waals surface area contributed by atoms with Gasteiger partial charge in [0.25, 0.3) is 0 Å². The number of H-pyrrole nitrogens is 2. The van der Waals surface area contributed by atoms with Crippen LogP contribution in [-0.4, -0.2) is 42.2 Å². The van der Waals surface area contributed by atoms with Gasteiger partial charge in [0.05, 0.1) is 24.2 Å². The molecule has 44 heavy (non-hydrogen) atoms. The first kappa shape index (κ1) is 27.5. The highest BCUT2D eigenvalue weighted by Gasteiger charge is 2.27. The van der Waals surface area contributed by atoms with Gasteiger partial charge in [0.2, 0.25) is 11.8 Å². The fourth-order valence-electron chi connectivity index (χ4n) is 6.26. The van der Waals surface area contributed by atoms with Gasteiger partial charge < -0.3 is 20.6 Å². The summed E-state index contributed by atoms with van der Waals surface area (Å²) in [5.41, 5.74) is 5.74. The molecule has 4 N–H and O–H groups in total. The molecule has 1 aliphatic carbocycles. The fraction of sp³-hybridized carbons (Fsp3) is 0.235. The lowest BCUT2D eigenvalue weighted by atomic mass is 9.78. The van der Waals surface area contributed by atoms with Crippen LogP contribution in [0.4, 0.5) is 11.6 Å². The van der Waals surface area contributed by atoms with E-state index < -0.39 is 0 Å². The average molecular weight is 585 g/mol. The summed E-state index contributed by atoms with van der Waals surface area (Å²) < 4.78 is 0. The van der Waals surface area contributed by atoms with Crippen molar-refractivity contribution < 1.29 is 9.59 Å². The largest absolute Gasteiger partial charge is 0.361 e. The van der Waals surface area contributed by atoms with Crippen LogP contribution in [0.15, 0.2) is 85.2 Å². The van der Waals surface area contributed by atoms with Crippen LogP contribution in [0.5, 0.6) is 0 Å². The molecule has 0 spiro atoms. The Bertz CT molecular complexity index is 1790. The molecule has 2 amide bonds. The zero-order valence-corrected chi connectivity index (χ0v) is 24.1. The van der Waals surface area contributed by atoms with E-state index in [1.807, 2.05) is 85.2 Å². The number of rotatable bonds is 8. The summed E-state index contributed by atoms with van der Waals surface area (Å²) in [6, 6.07) is 23.4. The summed E-state index contributed by atoms with van der Waals surface area (Å²) in [5.74, 6) is 1.11. The van der Waals surface area contributed by atoms with Crippen molar-refractivity contribution in [2.75, 3.05) is 10.6 Å². The molecule has 10 nitrogen and oxygen atoms in total. The minimum Gasteiger partial charge on any atom is -0.361 e. The molecule has 4 aromatic heterocycles. The smallest absolute Gasteiger partial charge is 0.230 e. The van der Waals surface area contributed by atoms with Crippen molar-refractivity contribution >= 4 is 45.3 Å². The average Bonchev–Trinajstić information content (AvgIpc) is 3.66. The molecule has 7 rings (SSSR count). The van der Waals surface area contributed by atoms with Crippen molar-refractivity contribution in [1.29, 1.82) is 0 Å². The van der Waals surface area contributed by atoms with Gasteiger partial charge in [-0.25, -0.2) is 0 Å². The lowest BCUT2D eigenvalue weighted by Gasteiger charge is -2.28. The standard InChI is InChI=1S/C34H32N8O2/c43-33(17-23-19-35-29-10-3-1-8-25(23)29)37-31-14-12-27(39-41-31)21-6-5-7-22(16-21)28-13-15-32(42-40-28)38-34(44)18-24-20-36-30-11-4-2-9-26(24)30/h1-4,8-15,19-22,35-36H,5-7,16-18H2,(H,37,41,43)(H,38,42,44)/t21-,22-/m0/s1. The van der Waals surface area contributed by atoms with E-state index in [9.17, 15) is 9.59 Å². The molecule has 220 valence electrons. The SMILES string of the molecule is O=C(Cc1c[nH]c2ccccc12)Nc1ccc([C@H]2CCC[C@H](c3ccc(NC(=O)Cc4c[nH]c5ccccc45)nn3)C2)nn1. The molecule has 0 radical (unpaired) electrons. The number of hydrogen-bond acceptors (Lipinski definition) is 6. The third-order valence-electron chi connectivity index (χ3n) is 8.47. The van der Waals surface area contributed by atoms with E-state index in [2.05, 4.69) is 41.0 Å². The normalized spacial score (nSPS) is 16.6. The summed E-state index contributed by atoms with van der Waals surface area (Å²) in [6.45, 7) is 0. The van der Waals surface area contributed by atoms with Gasteiger partial charge in [-0.2, -0.15) is 10.2 Å². The Morgan fingerprint density at radius 3 is 1.57 bits per heavy atom. The second-order valence-electron chi connectivity index (χ2n) is 11.4. The van der Waals surface area contributed by atoms with Gasteiger partial charge in [0.15, 0.2) is 11.6 Å². The predicted octanol–water partition coefficient (Wildman–Crippen LogP) is 6.03. The molecule has 1 fully saturated rings. The number of carbonyl (C=O) groups excluding carboxylic acids is 2. The van der Waals surface area contributed by atoms with Gasteiger partial charge in [-0.15, -0.1) is 10.2 Å². The number of aromatic nitrogens is 6. The number of aromatic amines is 2. The van der Waals surface area contributed by atoms with Crippen molar-refractivity contribution in [1.82, 2.24) is 30.4 Å². The molecule has 10 heteroatoms. The first-order chi connectivity index (χ1) is 21.6. The minimum atomic E-state index is -0.134. The Balaban J connectivity index is 0.932. The summed E-state index contributed by atoms with van der Waals surface area (Å²) in [4.78, 5) is 31.8. The summed E-state index contributed by atoms with van der Waals surface area (Å²) in [5, 5.41) is 25.4. The van der Waals surface area contributed by atoms with Crippen molar-refractivity contribution in [2.24, 2.45) is 0 Å². The molecule has 6 aromatic rings. The number of hydrogen-bond donors (Lipinski definition) is 4. The van der Waals surface area contributed by atoms with Gasteiger partial charge in [0.1, 0.15) is 0 Å². The highest BCUT2D eigenvalue weighted by atomic mass is 16.2. The molecule has 1 saturated carbocycles. The first-order valence-corrected chi connectivity index (χ1v) is 15.0. The Kier molecular flexibility index (Phi) is 7.54. The summed E-state index contributed by atoms with van der Waals surface area (Å²) >= 11 is 0. The summed E-state index contributed by atoms with van der Waals surface area (Å²) in [6.07, 6.45) is 8.24. The van der Waals surface area contributed by atoms with Crippen molar-refractivity contribution in [3.05, 3.63) is 108 Å². The topological polar surface area (TPSA) is 141 Å². The van der Waals surface area contributed by atoms with Crippen molar-refractivity contribution in [2.45, 2.75) is 50.4 Å². The van der Waals surface area contributed by atoms with E-state index in [1.54, 1.807) is 0 Å². The Morgan fingerprint density at radius 1 is 0.636 bits per heavy atom. The highest BCUT2D eigenvalue weighted by Crippen LogP contribution is 2.40. The predicted molar refractivity (Wildman–Crippen MR) is 169 cm³/mol. The van der Waals surface area contributed by atoms with E-state index in [0.717, 1.165) is 70.0 Å². The number of nitrogens with zero attached hydrogens (tertiary/aromatic N) is 4. The Hall–Kier alpha value is -5.38. The third-order valence-corrected chi connectivity index (χ3v) is 8.47. The van der Waals surface area contributed by atoms with E-state index >= 15 is 0 Å². The number of anilines is 2. The lowest BCUT2D eigenvalue weighted by molar-refractivity contribution is -0.116. The molecule has 2 aromatic carbocycles. The molecule has 0 bridgehead atoms. The van der Waals surface area contributed by atoms with E-state index in [1.165, 1.54) is 0 Å². The number of benzene rings is 2. The number of carbonyl (C=O) groups is 2. The number of nitrogens with one attached hydrogen (secondary N) is 4.